The van der Waals surface area contributed by atoms with E-state index in [2.05, 4.69) is 9.88 Å². The predicted octanol–water partition coefficient (Wildman–Crippen LogP) is 4.26. The van der Waals surface area contributed by atoms with Crippen LogP contribution in [-0.2, 0) is 0 Å². The molecular weight excluding hydrogens is 300 g/mol. The minimum atomic E-state index is 0.590. The summed E-state index contributed by atoms with van der Waals surface area (Å²) in [6, 6.07) is 17.9. The summed E-state index contributed by atoms with van der Waals surface area (Å²) in [5.74, 6) is 2.18. The molecule has 0 saturated carbocycles. The van der Waals surface area contributed by atoms with Gasteiger partial charge in [0.05, 0.1) is 11.3 Å². The van der Waals surface area contributed by atoms with Crippen molar-refractivity contribution < 1.29 is 9.15 Å². The third-order valence-corrected chi connectivity index (χ3v) is 3.75. The third kappa shape index (κ3) is 3.66. The molecule has 0 bridgehead atoms. The number of aromatic nitrogens is 1. The van der Waals surface area contributed by atoms with Crippen LogP contribution < -0.4 is 4.74 Å². The number of benzene rings is 2. The maximum absolute atomic E-state index is 6.05. The summed E-state index contributed by atoms with van der Waals surface area (Å²) in [6.45, 7) is 3.44. The lowest BCUT2D eigenvalue weighted by atomic mass is 10.1. The van der Waals surface area contributed by atoms with Crippen LogP contribution in [0.3, 0.4) is 0 Å². The minimum absolute atomic E-state index is 0.590. The highest BCUT2D eigenvalue weighted by Gasteiger charge is 2.16. The van der Waals surface area contributed by atoms with Crippen LogP contribution >= 0.6 is 0 Å². The van der Waals surface area contributed by atoms with E-state index >= 15 is 0 Å². The third-order valence-electron chi connectivity index (χ3n) is 3.75. The van der Waals surface area contributed by atoms with E-state index in [1.165, 1.54) is 0 Å². The maximum Gasteiger partial charge on any atom is 0.230 e. The molecule has 0 aliphatic carbocycles. The Morgan fingerprint density at radius 2 is 1.71 bits per heavy atom. The smallest absolute Gasteiger partial charge is 0.230 e. The van der Waals surface area contributed by atoms with Crippen molar-refractivity contribution >= 4 is 0 Å². The molecule has 2 aromatic carbocycles. The first kappa shape index (κ1) is 16.3. The van der Waals surface area contributed by atoms with E-state index < -0.39 is 0 Å². The molecule has 0 unspecified atom stereocenters. The zero-order valence-corrected chi connectivity index (χ0v) is 14.3. The van der Waals surface area contributed by atoms with Crippen molar-refractivity contribution in [3.63, 3.8) is 0 Å². The summed E-state index contributed by atoms with van der Waals surface area (Å²) in [4.78, 5) is 6.69. The van der Waals surface area contributed by atoms with Crippen LogP contribution in [0.15, 0.2) is 59.0 Å². The molecule has 124 valence electrons. The first-order valence-electron chi connectivity index (χ1n) is 8.05. The largest absolute Gasteiger partial charge is 0.491 e. The second kappa shape index (κ2) is 7.32. The Bertz CT molecular complexity index is 794. The molecule has 3 rings (SSSR count). The van der Waals surface area contributed by atoms with Crippen molar-refractivity contribution in [1.82, 2.24) is 9.88 Å². The number of para-hydroxylation sites is 1. The van der Waals surface area contributed by atoms with E-state index in [4.69, 9.17) is 9.15 Å². The molecular formula is C20H22N2O2. The molecule has 0 radical (unpaired) electrons. The first-order chi connectivity index (χ1) is 11.6. The van der Waals surface area contributed by atoms with Gasteiger partial charge in [-0.2, -0.15) is 0 Å². The van der Waals surface area contributed by atoms with E-state index in [9.17, 15) is 0 Å². The predicted molar refractivity (Wildman–Crippen MR) is 96.2 cm³/mol. The molecule has 0 amide bonds. The molecule has 0 fully saturated rings. The minimum Gasteiger partial charge on any atom is -0.491 e. The lowest BCUT2D eigenvalue weighted by Crippen LogP contribution is -2.19. The summed E-state index contributed by atoms with van der Waals surface area (Å²) in [5, 5.41) is 0. The molecule has 1 heterocycles. The van der Waals surface area contributed by atoms with E-state index in [-0.39, 0.29) is 0 Å². The van der Waals surface area contributed by atoms with Gasteiger partial charge in [-0.15, -0.1) is 0 Å². The normalized spacial score (nSPS) is 11.0. The van der Waals surface area contributed by atoms with Crippen molar-refractivity contribution in [1.29, 1.82) is 0 Å². The molecule has 0 aliphatic rings. The van der Waals surface area contributed by atoms with Gasteiger partial charge in [0.25, 0.3) is 0 Å². The fraction of sp³-hybridized carbons (Fsp3) is 0.250. The topological polar surface area (TPSA) is 38.5 Å². The van der Waals surface area contributed by atoms with Gasteiger partial charge in [0.15, 0.2) is 5.76 Å². The quantitative estimate of drug-likeness (QED) is 0.680. The van der Waals surface area contributed by atoms with Crippen LogP contribution in [0.2, 0.25) is 0 Å². The number of ether oxygens (including phenoxy) is 1. The molecule has 0 atom stereocenters. The van der Waals surface area contributed by atoms with E-state index in [0.717, 1.165) is 34.9 Å². The van der Waals surface area contributed by atoms with E-state index in [1.807, 2.05) is 75.6 Å². The SMILES string of the molecule is Cc1nc(-c2ccccc2OCCN(C)C)oc1-c1ccccc1. The second-order valence-electron chi connectivity index (χ2n) is 5.95. The Balaban J connectivity index is 1.90. The number of rotatable bonds is 6. The highest BCUT2D eigenvalue weighted by molar-refractivity contribution is 5.67. The molecule has 0 aliphatic heterocycles. The Morgan fingerprint density at radius 3 is 2.46 bits per heavy atom. The average Bonchev–Trinajstić information content (AvgIpc) is 2.97. The highest BCUT2D eigenvalue weighted by Crippen LogP contribution is 2.34. The summed E-state index contributed by atoms with van der Waals surface area (Å²) >= 11 is 0. The van der Waals surface area contributed by atoms with Gasteiger partial charge in [-0.05, 0) is 33.2 Å². The zero-order chi connectivity index (χ0) is 16.9. The van der Waals surface area contributed by atoms with Gasteiger partial charge >= 0.3 is 0 Å². The van der Waals surface area contributed by atoms with Gasteiger partial charge < -0.3 is 14.1 Å². The van der Waals surface area contributed by atoms with Crippen LogP contribution in [0.1, 0.15) is 5.69 Å². The van der Waals surface area contributed by atoms with Crippen molar-refractivity contribution in [2.24, 2.45) is 0 Å². The van der Waals surface area contributed by atoms with Gasteiger partial charge in [-0.1, -0.05) is 42.5 Å². The van der Waals surface area contributed by atoms with Crippen molar-refractivity contribution in [3.8, 4) is 28.5 Å². The maximum atomic E-state index is 6.05. The number of likely N-dealkylation sites (N-methyl/N-ethyl adjacent to an activating group) is 1. The molecule has 3 aromatic rings. The number of hydrogen-bond acceptors (Lipinski definition) is 4. The van der Waals surface area contributed by atoms with Crippen LogP contribution in [0.25, 0.3) is 22.8 Å². The molecule has 1 aromatic heterocycles. The molecule has 0 saturated heterocycles. The standard InChI is InChI=1S/C20H22N2O2/c1-15-19(16-9-5-4-6-10-16)24-20(21-15)17-11-7-8-12-18(17)23-14-13-22(2)3/h4-12H,13-14H2,1-3H3. The summed E-state index contributed by atoms with van der Waals surface area (Å²) in [5.41, 5.74) is 2.78. The van der Waals surface area contributed by atoms with Gasteiger partial charge in [0, 0.05) is 12.1 Å². The Hall–Kier alpha value is -2.59. The summed E-state index contributed by atoms with van der Waals surface area (Å²) in [6.07, 6.45) is 0. The fourth-order valence-corrected chi connectivity index (χ4v) is 2.48. The van der Waals surface area contributed by atoms with E-state index in [0.29, 0.717) is 12.5 Å². The van der Waals surface area contributed by atoms with Crippen LogP contribution in [0, 0.1) is 6.92 Å². The van der Waals surface area contributed by atoms with E-state index in [1.54, 1.807) is 0 Å². The van der Waals surface area contributed by atoms with Gasteiger partial charge in [0.2, 0.25) is 5.89 Å². The molecule has 4 heteroatoms. The number of hydrogen-bond donors (Lipinski definition) is 0. The highest BCUT2D eigenvalue weighted by atomic mass is 16.5. The first-order valence-corrected chi connectivity index (χ1v) is 8.05. The Morgan fingerprint density at radius 1 is 1.00 bits per heavy atom. The fourth-order valence-electron chi connectivity index (χ4n) is 2.48. The number of aryl methyl sites for hydroxylation is 1. The average molecular weight is 322 g/mol. The summed E-state index contributed by atoms with van der Waals surface area (Å²) < 4.78 is 12.0. The molecule has 4 nitrogen and oxygen atoms in total. The van der Waals surface area contributed by atoms with Crippen molar-refractivity contribution in [3.05, 3.63) is 60.3 Å². The molecule has 0 spiro atoms. The van der Waals surface area contributed by atoms with Gasteiger partial charge in [-0.25, -0.2) is 4.98 Å². The Kier molecular flexibility index (Phi) is 4.96. The van der Waals surface area contributed by atoms with Gasteiger partial charge in [0.1, 0.15) is 12.4 Å². The zero-order valence-electron chi connectivity index (χ0n) is 14.3. The Labute approximate surface area is 142 Å². The van der Waals surface area contributed by atoms with Crippen LogP contribution in [0.5, 0.6) is 5.75 Å². The van der Waals surface area contributed by atoms with Crippen molar-refractivity contribution in [2.45, 2.75) is 6.92 Å². The van der Waals surface area contributed by atoms with Crippen LogP contribution in [0.4, 0.5) is 0 Å². The molecule has 24 heavy (non-hydrogen) atoms. The number of nitrogens with zero attached hydrogens (tertiary/aromatic N) is 2. The number of oxazole rings is 1. The summed E-state index contributed by atoms with van der Waals surface area (Å²) in [7, 11) is 4.05. The lowest BCUT2D eigenvalue weighted by Gasteiger charge is -2.12. The van der Waals surface area contributed by atoms with Crippen LogP contribution in [-0.4, -0.2) is 37.1 Å². The molecule has 0 N–H and O–H groups in total. The lowest BCUT2D eigenvalue weighted by molar-refractivity contribution is 0.262. The second-order valence-corrected chi connectivity index (χ2v) is 5.95. The van der Waals surface area contributed by atoms with Crippen molar-refractivity contribution in [2.75, 3.05) is 27.2 Å². The van der Waals surface area contributed by atoms with Gasteiger partial charge in [-0.3, -0.25) is 0 Å². The monoisotopic (exact) mass is 322 g/mol.